The Bertz CT molecular complexity index is 333. The molecule has 1 aromatic rings. The number of hydrogen-bond donors (Lipinski definition) is 1. The summed E-state index contributed by atoms with van der Waals surface area (Å²) >= 11 is 3.60. The highest BCUT2D eigenvalue weighted by Gasteiger charge is 2.18. The summed E-state index contributed by atoms with van der Waals surface area (Å²) in [5.74, 6) is 0. The van der Waals surface area contributed by atoms with Crippen molar-refractivity contribution < 1.29 is 0 Å². The van der Waals surface area contributed by atoms with E-state index in [1.807, 2.05) is 0 Å². The lowest BCUT2D eigenvalue weighted by molar-refractivity contribution is 0.568. The van der Waals surface area contributed by atoms with Gasteiger partial charge in [0.2, 0.25) is 0 Å². The molecule has 2 rings (SSSR count). The van der Waals surface area contributed by atoms with Gasteiger partial charge in [-0.1, -0.05) is 22.0 Å². The highest BCUT2D eigenvalue weighted by atomic mass is 79.9. The Morgan fingerprint density at radius 2 is 2.23 bits per heavy atom. The molecule has 0 heterocycles. The van der Waals surface area contributed by atoms with Gasteiger partial charge < -0.3 is 5.73 Å². The van der Waals surface area contributed by atoms with Gasteiger partial charge in [-0.15, -0.1) is 0 Å². The summed E-state index contributed by atoms with van der Waals surface area (Å²) in [7, 11) is 0. The van der Waals surface area contributed by atoms with E-state index in [0.29, 0.717) is 0 Å². The van der Waals surface area contributed by atoms with Gasteiger partial charge in [-0.2, -0.15) is 0 Å². The molecule has 1 aliphatic rings. The molecule has 0 radical (unpaired) electrons. The second kappa shape index (κ2) is 3.43. The molecule has 1 nitrogen and oxygen atoms in total. The fraction of sp³-hybridized carbons (Fsp3) is 0.455. The van der Waals surface area contributed by atoms with E-state index in [1.165, 1.54) is 34.0 Å². The maximum absolute atomic E-state index is 6.06. The number of aryl methyl sites for hydroxylation is 1. The van der Waals surface area contributed by atoms with Crippen molar-refractivity contribution in [3.05, 3.63) is 33.3 Å². The molecule has 0 unspecified atom stereocenters. The van der Waals surface area contributed by atoms with Gasteiger partial charge in [-0.05, 0) is 48.9 Å². The van der Waals surface area contributed by atoms with Crippen LogP contribution in [-0.2, 0) is 6.42 Å². The molecule has 1 aromatic carbocycles. The molecule has 0 spiro atoms. The van der Waals surface area contributed by atoms with Crippen LogP contribution >= 0.6 is 15.9 Å². The van der Waals surface area contributed by atoms with Gasteiger partial charge in [-0.3, -0.25) is 0 Å². The Hall–Kier alpha value is -0.340. The van der Waals surface area contributed by atoms with Gasteiger partial charge in [0.25, 0.3) is 0 Å². The van der Waals surface area contributed by atoms with Crippen LogP contribution in [0.15, 0.2) is 16.6 Å². The zero-order chi connectivity index (χ0) is 9.42. The standard InChI is InChI=1S/C11H14BrN/c1-7-5-9-8(10(12)6-7)3-2-4-11(9)13/h5-6,11H,2-4,13H2,1H3/t11-/m1/s1. The van der Waals surface area contributed by atoms with Gasteiger partial charge in [-0.25, -0.2) is 0 Å². The number of hydrogen-bond acceptors (Lipinski definition) is 1. The average molecular weight is 240 g/mol. The molecule has 0 aromatic heterocycles. The molecule has 0 saturated heterocycles. The Balaban J connectivity index is 2.56. The number of benzene rings is 1. The molecule has 0 saturated carbocycles. The molecule has 2 heteroatoms. The fourth-order valence-corrected chi connectivity index (χ4v) is 2.84. The summed E-state index contributed by atoms with van der Waals surface area (Å²) in [5.41, 5.74) is 10.1. The lowest BCUT2D eigenvalue weighted by atomic mass is 9.87. The number of nitrogens with two attached hydrogens (primary N) is 1. The van der Waals surface area contributed by atoms with Crippen LogP contribution in [0, 0.1) is 6.92 Å². The zero-order valence-corrected chi connectivity index (χ0v) is 9.39. The first kappa shape index (κ1) is 9.22. The lowest BCUT2D eigenvalue weighted by Crippen LogP contribution is -2.17. The van der Waals surface area contributed by atoms with Gasteiger partial charge >= 0.3 is 0 Å². The van der Waals surface area contributed by atoms with E-state index in [2.05, 4.69) is 35.0 Å². The smallest absolute Gasteiger partial charge is 0.0298 e. The summed E-state index contributed by atoms with van der Waals surface area (Å²) < 4.78 is 1.23. The van der Waals surface area contributed by atoms with Crippen LogP contribution in [-0.4, -0.2) is 0 Å². The van der Waals surface area contributed by atoms with Crippen LogP contribution in [0.2, 0.25) is 0 Å². The summed E-state index contributed by atoms with van der Waals surface area (Å²) in [4.78, 5) is 0. The monoisotopic (exact) mass is 239 g/mol. The molecule has 2 N–H and O–H groups in total. The molecule has 1 aliphatic carbocycles. The molecule has 13 heavy (non-hydrogen) atoms. The Morgan fingerprint density at radius 3 is 3.00 bits per heavy atom. The van der Waals surface area contributed by atoms with Crippen LogP contribution in [0.3, 0.4) is 0 Å². The van der Waals surface area contributed by atoms with Gasteiger partial charge in [0.1, 0.15) is 0 Å². The Morgan fingerprint density at radius 1 is 1.46 bits per heavy atom. The summed E-state index contributed by atoms with van der Waals surface area (Å²) in [6.07, 6.45) is 3.52. The minimum Gasteiger partial charge on any atom is -0.324 e. The summed E-state index contributed by atoms with van der Waals surface area (Å²) in [6, 6.07) is 4.65. The van der Waals surface area contributed by atoms with Gasteiger partial charge in [0.05, 0.1) is 0 Å². The minimum atomic E-state index is 0.250. The first-order valence-electron chi connectivity index (χ1n) is 4.73. The largest absolute Gasteiger partial charge is 0.324 e. The first-order chi connectivity index (χ1) is 6.18. The Kier molecular flexibility index (Phi) is 2.43. The van der Waals surface area contributed by atoms with Crippen LogP contribution in [0.5, 0.6) is 0 Å². The van der Waals surface area contributed by atoms with Gasteiger partial charge in [0.15, 0.2) is 0 Å². The Labute approximate surface area is 87.5 Å². The third kappa shape index (κ3) is 1.65. The van der Waals surface area contributed by atoms with E-state index in [9.17, 15) is 0 Å². The van der Waals surface area contributed by atoms with Crippen molar-refractivity contribution in [3.8, 4) is 0 Å². The van der Waals surface area contributed by atoms with E-state index < -0.39 is 0 Å². The van der Waals surface area contributed by atoms with Crippen molar-refractivity contribution in [3.63, 3.8) is 0 Å². The lowest BCUT2D eigenvalue weighted by Gasteiger charge is -2.23. The topological polar surface area (TPSA) is 26.0 Å². The number of halogens is 1. The van der Waals surface area contributed by atoms with Crippen molar-refractivity contribution in [1.29, 1.82) is 0 Å². The molecular formula is C11H14BrN. The van der Waals surface area contributed by atoms with E-state index in [0.717, 1.165) is 6.42 Å². The van der Waals surface area contributed by atoms with Crippen molar-refractivity contribution in [2.75, 3.05) is 0 Å². The van der Waals surface area contributed by atoms with Crippen molar-refractivity contribution in [2.24, 2.45) is 5.73 Å². The fourth-order valence-electron chi connectivity index (χ4n) is 2.05. The third-order valence-electron chi connectivity index (χ3n) is 2.72. The second-order valence-electron chi connectivity index (χ2n) is 3.81. The van der Waals surface area contributed by atoms with E-state index >= 15 is 0 Å². The predicted molar refractivity (Wildman–Crippen MR) is 58.7 cm³/mol. The average Bonchev–Trinajstić information content (AvgIpc) is 2.07. The van der Waals surface area contributed by atoms with E-state index in [-0.39, 0.29) is 6.04 Å². The molecular weight excluding hydrogens is 226 g/mol. The zero-order valence-electron chi connectivity index (χ0n) is 7.81. The predicted octanol–water partition coefficient (Wildman–Crippen LogP) is 3.09. The molecule has 0 bridgehead atoms. The summed E-state index contributed by atoms with van der Waals surface area (Å²) in [6.45, 7) is 2.12. The minimum absolute atomic E-state index is 0.250. The normalized spacial score (nSPS) is 21.3. The van der Waals surface area contributed by atoms with E-state index in [1.54, 1.807) is 0 Å². The third-order valence-corrected chi connectivity index (χ3v) is 3.42. The maximum Gasteiger partial charge on any atom is 0.0298 e. The van der Waals surface area contributed by atoms with Crippen LogP contribution < -0.4 is 5.73 Å². The van der Waals surface area contributed by atoms with Crippen LogP contribution in [0.25, 0.3) is 0 Å². The highest BCUT2D eigenvalue weighted by Crippen LogP contribution is 2.33. The molecule has 0 aliphatic heterocycles. The van der Waals surface area contributed by atoms with Crippen molar-refractivity contribution in [2.45, 2.75) is 32.2 Å². The molecule has 0 amide bonds. The summed E-state index contributed by atoms with van der Waals surface area (Å²) in [5, 5.41) is 0. The quantitative estimate of drug-likeness (QED) is 0.740. The second-order valence-corrected chi connectivity index (χ2v) is 4.67. The van der Waals surface area contributed by atoms with Crippen LogP contribution in [0.4, 0.5) is 0 Å². The van der Waals surface area contributed by atoms with Crippen LogP contribution in [0.1, 0.15) is 35.6 Å². The SMILES string of the molecule is Cc1cc(Br)c2c(c1)[C@H](N)CCC2. The van der Waals surface area contributed by atoms with E-state index in [4.69, 9.17) is 5.73 Å². The van der Waals surface area contributed by atoms with Crippen molar-refractivity contribution in [1.82, 2.24) is 0 Å². The highest BCUT2D eigenvalue weighted by molar-refractivity contribution is 9.10. The maximum atomic E-state index is 6.06. The number of rotatable bonds is 0. The molecule has 1 atom stereocenters. The van der Waals surface area contributed by atoms with Crippen molar-refractivity contribution >= 4 is 15.9 Å². The molecule has 70 valence electrons. The molecule has 0 fully saturated rings. The number of fused-ring (bicyclic) bond motifs is 1. The van der Waals surface area contributed by atoms with Gasteiger partial charge in [0, 0.05) is 10.5 Å². The first-order valence-corrected chi connectivity index (χ1v) is 5.52.